The molecule has 0 saturated heterocycles. The van der Waals surface area contributed by atoms with Crippen molar-refractivity contribution in [3.8, 4) is 10.7 Å². The molecule has 3 aromatic heterocycles. The van der Waals surface area contributed by atoms with E-state index in [1.807, 2.05) is 28.3 Å². The Morgan fingerprint density at radius 2 is 2.00 bits per heavy atom. The van der Waals surface area contributed by atoms with Gasteiger partial charge >= 0.3 is 0 Å². The minimum atomic E-state index is -0.242. The topological polar surface area (TPSA) is 85.8 Å². The summed E-state index contributed by atoms with van der Waals surface area (Å²) in [4.78, 5) is 17.8. The summed E-state index contributed by atoms with van der Waals surface area (Å²) in [6.07, 6.45) is 0.645. The fraction of sp³-hybridized carbons (Fsp3) is 0.500. The van der Waals surface area contributed by atoms with Gasteiger partial charge in [0.25, 0.3) is 0 Å². The Hall–Kier alpha value is -2.48. The van der Waals surface area contributed by atoms with Crippen molar-refractivity contribution in [1.29, 1.82) is 0 Å². The summed E-state index contributed by atoms with van der Waals surface area (Å²) < 4.78 is 7.13. The third-order valence-electron chi connectivity index (χ3n) is 4.16. The van der Waals surface area contributed by atoms with E-state index in [-0.39, 0.29) is 23.3 Å². The number of hydrogen-bond donors (Lipinski definition) is 1. The van der Waals surface area contributed by atoms with Gasteiger partial charge < -0.3 is 9.84 Å². The van der Waals surface area contributed by atoms with Gasteiger partial charge in [-0.2, -0.15) is 10.1 Å². The van der Waals surface area contributed by atoms with Gasteiger partial charge in [-0.05, 0) is 32.2 Å². The quantitative estimate of drug-likeness (QED) is 0.674. The second kappa shape index (κ2) is 7.50. The van der Waals surface area contributed by atoms with E-state index in [1.54, 1.807) is 11.3 Å². The van der Waals surface area contributed by atoms with E-state index >= 15 is 0 Å². The summed E-state index contributed by atoms with van der Waals surface area (Å²) in [7, 11) is 0. The predicted molar refractivity (Wildman–Crippen MR) is 110 cm³/mol. The van der Waals surface area contributed by atoms with Crippen LogP contribution in [0.15, 0.2) is 28.1 Å². The number of nitrogens with zero attached hydrogens (tertiary/aromatic N) is 4. The van der Waals surface area contributed by atoms with Crippen molar-refractivity contribution in [3.05, 3.63) is 35.2 Å². The normalized spacial score (nSPS) is 12.4. The Labute approximate surface area is 169 Å². The fourth-order valence-corrected chi connectivity index (χ4v) is 3.29. The first-order chi connectivity index (χ1) is 13.0. The Bertz CT molecular complexity index is 942. The molecule has 3 heterocycles. The number of hydrogen-bond acceptors (Lipinski definition) is 6. The molecule has 3 aromatic rings. The molecule has 7 nitrogen and oxygen atoms in total. The van der Waals surface area contributed by atoms with Crippen molar-refractivity contribution in [2.45, 2.75) is 65.3 Å². The number of rotatable bonds is 5. The van der Waals surface area contributed by atoms with Crippen LogP contribution in [0.3, 0.4) is 0 Å². The van der Waals surface area contributed by atoms with Crippen LogP contribution in [0, 0.1) is 0 Å². The number of anilines is 1. The minimum absolute atomic E-state index is 0.0993. The zero-order chi connectivity index (χ0) is 20.5. The molecule has 0 bridgehead atoms. The second-order valence-electron chi connectivity index (χ2n) is 8.78. The first-order valence-electron chi connectivity index (χ1n) is 9.31. The Balaban J connectivity index is 1.67. The lowest BCUT2D eigenvalue weighted by molar-refractivity contribution is -0.116. The largest absolute Gasteiger partial charge is 0.339 e. The molecule has 0 atom stereocenters. The van der Waals surface area contributed by atoms with Crippen LogP contribution >= 0.6 is 11.3 Å². The van der Waals surface area contributed by atoms with Crippen LogP contribution in [0.25, 0.3) is 10.7 Å². The Morgan fingerprint density at radius 1 is 1.25 bits per heavy atom. The van der Waals surface area contributed by atoms with Crippen LogP contribution in [0.4, 0.5) is 5.82 Å². The Kier molecular flexibility index (Phi) is 5.43. The third-order valence-corrected chi connectivity index (χ3v) is 5.02. The highest BCUT2D eigenvalue weighted by molar-refractivity contribution is 7.13. The first kappa shape index (κ1) is 20.3. The molecular formula is C20H27N5O2S. The number of carbonyl (C=O) groups excluding carboxylic acids is 1. The summed E-state index contributed by atoms with van der Waals surface area (Å²) in [6.45, 7) is 12.5. The molecule has 0 aliphatic carbocycles. The van der Waals surface area contributed by atoms with Gasteiger partial charge in [0, 0.05) is 24.3 Å². The van der Waals surface area contributed by atoms with E-state index in [1.165, 1.54) is 0 Å². The number of aromatic nitrogens is 4. The van der Waals surface area contributed by atoms with Gasteiger partial charge in [-0.3, -0.25) is 4.79 Å². The number of carbonyl (C=O) groups is 1. The summed E-state index contributed by atoms with van der Waals surface area (Å²) in [5.41, 5.74) is 0.599. The molecule has 0 spiro atoms. The molecule has 28 heavy (non-hydrogen) atoms. The molecular weight excluding hydrogens is 374 g/mol. The Morgan fingerprint density at radius 3 is 2.61 bits per heavy atom. The van der Waals surface area contributed by atoms with E-state index in [4.69, 9.17) is 9.62 Å². The van der Waals surface area contributed by atoms with E-state index in [0.717, 1.165) is 10.6 Å². The molecule has 150 valence electrons. The highest BCUT2D eigenvalue weighted by atomic mass is 32.1. The zero-order valence-corrected chi connectivity index (χ0v) is 18.1. The molecule has 0 radical (unpaired) electrons. The van der Waals surface area contributed by atoms with Crippen molar-refractivity contribution in [1.82, 2.24) is 19.9 Å². The zero-order valence-electron chi connectivity index (χ0n) is 17.2. The maximum atomic E-state index is 12.5. The lowest BCUT2D eigenvalue weighted by Crippen LogP contribution is -2.27. The summed E-state index contributed by atoms with van der Waals surface area (Å²) in [5.74, 6) is 1.61. The van der Waals surface area contributed by atoms with E-state index < -0.39 is 0 Å². The standard InChI is InChI=1S/C20H27N5O2S/c1-19(2,3)14-12-15(25(23-14)20(4,5)6)21-16(26)9-10-17-22-18(24-27-17)13-8-7-11-28-13/h7-8,11-12H,9-10H2,1-6H3,(H,21,26). The van der Waals surface area contributed by atoms with Gasteiger partial charge in [0.05, 0.1) is 16.1 Å². The molecule has 0 unspecified atom stereocenters. The highest BCUT2D eigenvalue weighted by Gasteiger charge is 2.25. The number of nitrogens with one attached hydrogen (secondary N) is 1. The van der Waals surface area contributed by atoms with Crippen molar-refractivity contribution in [3.63, 3.8) is 0 Å². The van der Waals surface area contributed by atoms with E-state index in [9.17, 15) is 4.79 Å². The van der Waals surface area contributed by atoms with Crippen molar-refractivity contribution in [2.75, 3.05) is 5.32 Å². The van der Waals surface area contributed by atoms with Gasteiger partial charge in [-0.25, -0.2) is 4.68 Å². The number of amides is 1. The van der Waals surface area contributed by atoms with E-state index in [2.05, 4.69) is 57.0 Å². The van der Waals surface area contributed by atoms with Gasteiger partial charge in [-0.15, -0.1) is 11.3 Å². The minimum Gasteiger partial charge on any atom is -0.339 e. The molecule has 0 aliphatic rings. The van der Waals surface area contributed by atoms with Crippen LogP contribution in [-0.2, 0) is 22.2 Å². The molecule has 0 saturated carbocycles. The predicted octanol–water partition coefficient (Wildman–Crippen LogP) is 4.62. The first-order valence-corrected chi connectivity index (χ1v) is 10.2. The smallest absolute Gasteiger partial charge is 0.227 e. The molecule has 0 aliphatic heterocycles. The van der Waals surface area contributed by atoms with Crippen molar-refractivity contribution < 1.29 is 9.32 Å². The van der Waals surface area contributed by atoms with Gasteiger partial charge in [0.15, 0.2) is 0 Å². The van der Waals surface area contributed by atoms with Gasteiger partial charge in [0.1, 0.15) is 5.82 Å². The van der Waals surface area contributed by atoms with Crippen LogP contribution in [0.1, 0.15) is 59.5 Å². The summed E-state index contributed by atoms with van der Waals surface area (Å²) in [6, 6.07) is 5.82. The molecule has 0 aromatic carbocycles. The van der Waals surface area contributed by atoms with Crippen LogP contribution in [0.5, 0.6) is 0 Å². The maximum absolute atomic E-state index is 12.5. The maximum Gasteiger partial charge on any atom is 0.227 e. The molecule has 0 fully saturated rings. The summed E-state index contributed by atoms with van der Waals surface area (Å²) in [5, 5.41) is 13.6. The van der Waals surface area contributed by atoms with Crippen LogP contribution in [0.2, 0.25) is 0 Å². The molecule has 1 N–H and O–H groups in total. The number of aryl methyl sites for hydroxylation is 1. The average Bonchev–Trinajstić information content (AvgIpc) is 3.31. The van der Waals surface area contributed by atoms with Crippen molar-refractivity contribution in [2.24, 2.45) is 0 Å². The van der Waals surface area contributed by atoms with Crippen LogP contribution in [-0.4, -0.2) is 25.8 Å². The molecule has 3 rings (SSSR count). The molecule has 1 amide bonds. The van der Waals surface area contributed by atoms with E-state index in [0.29, 0.717) is 24.0 Å². The monoisotopic (exact) mass is 401 g/mol. The number of thiophene rings is 1. The highest BCUT2D eigenvalue weighted by Crippen LogP contribution is 2.28. The van der Waals surface area contributed by atoms with Crippen molar-refractivity contribution >= 4 is 23.1 Å². The second-order valence-corrected chi connectivity index (χ2v) is 9.73. The lowest BCUT2D eigenvalue weighted by Gasteiger charge is -2.23. The SMILES string of the molecule is CC(C)(C)c1cc(NC(=O)CCc2nc(-c3cccs3)no2)n(C(C)(C)C)n1. The molecule has 8 heteroatoms. The summed E-state index contributed by atoms with van der Waals surface area (Å²) >= 11 is 1.55. The fourth-order valence-electron chi connectivity index (χ4n) is 2.64. The van der Waals surface area contributed by atoms with Crippen LogP contribution < -0.4 is 5.32 Å². The third kappa shape index (κ3) is 4.67. The average molecular weight is 402 g/mol. The lowest BCUT2D eigenvalue weighted by atomic mass is 9.92. The van der Waals surface area contributed by atoms with Gasteiger partial charge in [-0.1, -0.05) is 32.0 Å². The van der Waals surface area contributed by atoms with Gasteiger partial charge in [0.2, 0.25) is 17.6 Å².